The van der Waals surface area contributed by atoms with Crippen LogP contribution in [0.1, 0.15) is 23.2 Å². The van der Waals surface area contributed by atoms with Crippen molar-refractivity contribution in [2.75, 3.05) is 6.54 Å². The molecule has 0 saturated carbocycles. The zero-order chi connectivity index (χ0) is 13.2. The van der Waals surface area contributed by atoms with Gasteiger partial charge in [-0.3, -0.25) is 4.79 Å². The Bertz CT molecular complexity index is 603. The molecular formula is C16H17NO2. The summed E-state index contributed by atoms with van der Waals surface area (Å²) in [4.78, 5) is 12.6. The van der Waals surface area contributed by atoms with Crippen LogP contribution < -0.4 is 5.73 Å². The quantitative estimate of drug-likeness (QED) is 0.857. The first-order valence-electron chi connectivity index (χ1n) is 6.67. The van der Waals surface area contributed by atoms with Crippen LogP contribution in [0, 0.1) is 0 Å². The molecule has 0 radical (unpaired) electrons. The largest absolute Gasteiger partial charge is 0.366 e. The standard InChI is InChI=1S/C16H17NO2/c17-10-12-8-9-15(19-12)16(18)14-7-3-5-11-4-1-2-6-13(11)14/h1-7,12,15H,8-10,17H2. The molecule has 0 bridgehead atoms. The van der Waals surface area contributed by atoms with Crippen molar-refractivity contribution in [1.29, 1.82) is 0 Å². The maximum atomic E-state index is 12.6. The highest BCUT2D eigenvalue weighted by Crippen LogP contribution is 2.26. The van der Waals surface area contributed by atoms with Gasteiger partial charge in [-0.15, -0.1) is 0 Å². The summed E-state index contributed by atoms with van der Waals surface area (Å²) in [6.07, 6.45) is 1.34. The van der Waals surface area contributed by atoms with E-state index >= 15 is 0 Å². The summed E-state index contributed by atoms with van der Waals surface area (Å²) in [7, 11) is 0. The lowest BCUT2D eigenvalue weighted by Gasteiger charge is -2.12. The Balaban J connectivity index is 1.94. The van der Waals surface area contributed by atoms with Crippen LogP contribution in [0.15, 0.2) is 42.5 Å². The van der Waals surface area contributed by atoms with E-state index in [-0.39, 0.29) is 18.0 Å². The maximum absolute atomic E-state index is 12.6. The normalized spacial score (nSPS) is 22.8. The van der Waals surface area contributed by atoms with E-state index in [1.54, 1.807) is 0 Å². The van der Waals surface area contributed by atoms with Crippen LogP contribution in [-0.2, 0) is 4.74 Å². The number of Topliss-reactive ketones (excluding diaryl/α,β-unsaturated/α-hetero) is 1. The number of hydrogen-bond acceptors (Lipinski definition) is 3. The Kier molecular flexibility index (Phi) is 3.32. The van der Waals surface area contributed by atoms with Crippen molar-refractivity contribution in [2.45, 2.75) is 25.0 Å². The van der Waals surface area contributed by atoms with Gasteiger partial charge < -0.3 is 10.5 Å². The average Bonchev–Trinajstić information content (AvgIpc) is 2.95. The van der Waals surface area contributed by atoms with Gasteiger partial charge in [0.15, 0.2) is 5.78 Å². The first-order valence-corrected chi connectivity index (χ1v) is 6.67. The van der Waals surface area contributed by atoms with Crippen molar-refractivity contribution in [2.24, 2.45) is 5.73 Å². The van der Waals surface area contributed by atoms with Gasteiger partial charge in [-0.2, -0.15) is 0 Å². The van der Waals surface area contributed by atoms with Crippen LogP contribution in [-0.4, -0.2) is 24.5 Å². The Hall–Kier alpha value is -1.71. The first kappa shape index (κ1) is 12.3. The van der Waals surface area contributed by atoms with E-state index in [9.17, 15) is 4.79 Å². The summed E-state index contributed by atoms with van der Waals surface area (Å²) in [5, 5.41) is 2.08. The molecule has 1 aliphatic rings. The van der Waals surface area contributed by atoms with E-state index in [0.29, 0.717) is 6.54 Å². The van der Waals surface area contributed by atoms with Crippen LogP contribution in [0.2, 0.25) is 0 Å². The summed E-state index contributed by atoms with van der Waals surface area (Å²) in [5.74, 6) is 0.0766. The third-order valence-electron chi connectivity index (χ3n) is 3.72. The second kappa shape index (κ2) is 5.11. The predicted octanol–water partition coefficient (Wildman–Crippen LogP) is 2.53. The first-order chi connectivity index (χ1) is 9.29. The minimum atomic E-state index is -0.334. The lowest BCUT2D eigenvalue weighted by Crippen LogP contribution is -2.25. The van der Waals surface area contributed by atoms with Crippen LogP contribution in [0.3, 0.4) is 0 Å². The molecule has 0 spiro atoms. The highest BCUT2D eigenvalue weighted by atomic mass is 16.5. The van der Waals surface area contributed by atoms with Crippen molar-refractivity contribution in [3.8, 4) is 0 Å². The fourth-order valence-electron chi connectivity index (χ4n) is 2.69. The third kappa shape index (κ3) is 2.27. The van der Waals surface area contributed by atoms with Gasteiger partial charge in [0, 0.05) is 12.1 Å². The molecule has 1 aliphatic heterocycles. The molecule has 1 heterocycles. The Labute approximate surface area is 112 Å². The number of nitrogens with two attached hydrogens (primary N) is 1. The summed E-state index contributed by atoms with van der Waals surface area (Å²) >= 11 is 0. The number of fused-ring (bicyclic) bond motifs is 1. The Morgan fingerprint density at radius 2 is 1.95 bits per heavy atom. The van der Waals surface area contributed by atoms with Gasteiger partial charge >= 0.3 is 0 Å². The van der Waals surface area contributed by atoms with Gasteiger partial charge in [0.25, 0.3) is 0 Å². The Morgan fingerprint density at radius 3 is 2.74 bits per heavy atom. The smallest absolute Gasteiger partial charge is 0.192 e. The second-order valence-electron chi connectivity index (χ2n) is 4.95. The molecule has 1 fully saturated rings. The maximum Gasteiger partial charge on any atom is 0.192 e. The number of benzene rings is 2. The topological polar surface area (TPSA) is 52.3 Å². The number of hydrogen-bond donors (Lipinski definition) is 1. The number of carbonyl (C=O) groups is 1. The van der Waals surface area contributed by atoms with Gasteiger partial charge in [-0.25, -0.2) is 0 Å². The lowest BCUT2D eigenvalue weighted by molar-refractivity contribution is 0.0405. The van der Waals surface area contributed by atoms with Crippen LogP contribution in [0.25, 0.3) is 10.8 Å². The number of ether oxygens (including phenoxy) is 1. The molecule has 98 valence electrons. The van der Waals surface area contributed by atoms with Gasteiger partial charge in [0.2, 0.25) is 0 Å². The average molecular weight is 255 g/mol. The molecule has 0 aliphatic carbocycles. The van der Waals surface area contributed by atoms with E-state index in [4.69, 9.17) is 10.5 Å². The van der Waals surface area contributed by atoms with E-state index in [1.165, 1.54) is 0 Å². The molecule has 2 aromatic rings. The SMILES string of the molecule is NCC1CCC(C(=O)c2cccc3ccccc23)O1. The molecule has 19 heavy (non-hydrogen) atoms. The predicted molar refractivity (Wildman–Crippen MR) is 75.2 cm³/mol. The molecule has 3 rings (SSSR count). The van der Waals surface area contributed by atoms with Crippen molar-refractivity contribution in [3.63, 3.8) is 0 Å². The highest BCUT2D eigenvalue weighted by molar-refractivity contribution is 6.10. The number of rotatable bonds is 3. The lowest BCUT2D eigenvalue weighted by atomic mass is 9.97. The van der Waals surface area contributed by atoms with Gasteiger partial charge in [0.1, 0.15) is 6.10 Å². The van der Waals surface area contributed by atoms with Crippen LogP contribution in [0.4, 0.5) is 0 Å². The monoisotopic (exact) mass is 255 g/mol. The summed E-state index contributed by atoms with van der Waals surface area (Å²) < 4.78 is 5.70. The molecule has 2 atom stereocenters. The summed E-state index contributed by atoms with van der Waals surface area (Å²) in [6.45, 7) is 0.485. The summed E-state index contributed by atoms with van der Waals surface area (Å²) in [6, 6.07) is 13.8. The third-order valence-corrected chi connectivity index (χ3v) is 3.72. The zero-order valence-electron chi connectivity index (χ0n) is 10.7. The molecule has 2 N–H and O–H groups in total. The van der Waals surface area contributed by atoms with E-state index < -0.39 is 0 Å². The minimum Gasteiger partial charge on any atom is -0.366 e. The van der Waals surface area contributed by atoms with Crippen LogP contribution in [0.5, 0.6) is 0 Å². The molecule has 1 saturated heterocycles. The van der Waals surface area contributed by atoms with Crippen molar-refractivity contribution >= 4 is 16.6 Å². The van der Waals surface area contributed by atoms with Gasteiger partial charge in [-0.1, -0.05) is 42.5 Å². The molecule has 2 aromatic carbocycles. The molecular weight excluding hydrogens is 238 g/mol. The fourth-order valence-corrected chi connectivity index (χ4v) is 2.69. The molecule has 3 heteroatoms. The van der Waals surface area contributed by atoms with E-state index in [0.717, 1.165) is 29.2 Å². The van der Waals surface area contributed by atoms with E-state index in [1.807, 2.05) is 42.5 Å². The van der Waals surface area contributed by atoms with Crippen molar-refractivity contribution in [1.82, 2.24) is 0 Å². The molecule has 2 unspecified atom stereocenters. The molecule has 0 amide bonds. The van der Waals surface area contributed by atoms with Gasteiger partial charge in [0.05, 0.1) is 6.10 Å². The summed E-state index contributed by atoms with van der Waals surface area (Å²) in [5.41, 5.74) is 6.34. The zero-order valence-corrected chi connectivity index (χ0v) is 10.7. The van der Waals surface area contributed by atoms with E-state index in [2.05, 4.69) is 0 Å². The highest BCUT2D eigenvalue weighted by Gasteiger charge is 2.31. The minimum absolute atomic E-state index is 0.0314. The number of ketones is 1. The van der Waals surface area contributed by atoms with Crippen molar-refractivity contribution in [3.05, 3.63) is 48.0 Å². The van der Waals surface area contributed by atoms with Crippen molar-refractivity contribution < 1.29 is 9.53 Å². The second-order valence-corrected chi connectivity index (χ2v) is 4.95. The number of carbonyl (C=O) groups excluding carboxylic acids is 1. The fraction of sp³-hybridized carbons (Fsp3) is 0.312. The molecule has 3 nitrogen and oxygen atoms in total. The Morgan fingerprint density at radius 1 is 1.16 bits per heavy atom. The van der Waals surface area contributed by atoms with Gasteiger partial charge in [-0.05, 0) is 23.6 Å². The van der Waals surface area contributed by atoms with Crippen LogP contribution >= 0.6 is 0 Å². The molecule has 0 aromatic heterocycles.